The highest BCUT2D eigenvalue weighted by molar-refractivity contribution is 5.85. The van der Waals surface area contributed by atoms with Crippen LogP contribution >= 0.6 is 0 Å². The third-order valence-electron chi connectivity index (χ3n) is 4.45. The summed E-state index contributed by atoms with van der Waals surface area (Å²) >= 11 is 0. The molecule has 0 heterocycles. The van der Waals surface area contributed by atoms with Crippen molar-refractivity contribution in [3.8, 4) is 11.5 Å². The van der Waals surface area contributed by atoms with E-state index in [4.69, 9.17) is 9.47 Å². The molecule has 0 fully saturated rings. The first-order valence-corrected chi connectivity index (χ1v) is 8.52. The Morgan fingerprint density at radius 2 is 1.54 bits per heavy atom. The summed E-state index contributed by atoms with van der Waals surface area (Å²) in [5.74, 6) is 1.69. The van der Waals surface area contributed by atoms with E-state index in [1.165, 1.54) is 0 Å². The van der Waals surface area contributed by atoms with Crippen molar-refractivity contribution in [1.82, 2.24) is 4.90 Å². The lowest BCUT2D eigenvalue weighted by molar-refractivity contribution is -0.129. The topological polar surface area (TPSA) is 38.8 Å². The van der Waals surface area contributed by atoms with Crippen LogP contribution in [0, 0.1) is 0 Å². The maximum absolute atomic E-state index is 12.5. The molecule has 0 unspecified atom stereocenters. The molecule has 0 aliphatic heterocycles. The van der Waals surface area contributed by atoms with E-state index in [0.29, 0.717) is 13.0 Å². The van der Waals surface area contributed by atoms with E-state index >= 15 is 0 Å². The third kappa shape index (κ3) is 4.14. The van der Waals surface area contributed by atoms with E-state index < -0.39 is 0 Å². The normalized spacial score (nSPS) is 10.6. The number of rotatable bonds is 6. The summed E-state index contributed by atoms with van der Waals surface area (Å²) in [7, 11) is 5.13. The lowest BCUT2D eigenvalue weighted by atomic mass is 10.1. The van der Waals surface area contributed by atoms with Crippen molar-refractivity contribution in [2.45, 2.75) is 13.0 Å². The van der Waals surface area contributed by atoms with Gasteiger partial charge in [0, 0.05) is 13.6 Å². The van der Waals surface area contributed by atoms with Crippen LogP contribution in [0.4, 0.5) is 0 Å². The van der Waals surface area contributed by atoms with E-state index in [1.54, 1.807) is 19.1 Å². The van der Waals surface area contributed by atoms with Crippen molar-refractivity contribution in [3.05, 3.63) is 71.8 Å². The second-order valence-electron chi connectivity index (χ2n) is 6.33. The first-order valence-electron chi connectivity index (χ1n) is 8.52. The molecular weight excluding hydrogens is 326 g/mol. The minimum atomic E-state index is 0.0769. The molecule has 0 saturated heterocycles. The molecule has 3 aromatic rings. The van der Waals surface area contributed by atoms with E-state index in [9.17, 15) is 4.79 Å². The van der Waals surface area contributed by atoms with Crippen molar-refractivity contribution in [3.63, 3.8) is 0 Å². The first-order chi connectivity index (χ1) is 12.6. The molecule has 3 rings (SSSR count). The van der Waals surface area contributed by atoms with Gasteiger partial charge in [-0.15, -0.1) is 0 Å². The Morgan fingerprint density at radius 1 is 0.846 bits per heavy atom. The maximum atomic E-state index is 12.5. The average Bonchev–Trinajstić information content (AvgIpc) is 2.67. The SMILES string of the molecule is COc1cccc(CC(=O)N(C)Cc2ccc3cc(OC)ccc3c2)c1. The molecule has 0 spiro atoms. The van der Waals surface area contributed by atoms with Crippen LogP contribution < -0.4 is 9.47 Å². The fourth-order valence-corrected chi connectivity index (χ4v) is 2.95. The van der Waals surface area contributed by atoms with Crippen LogP contribution in [0.25, 0.3) is 10.8 Å². The summed E-state index contributed by atoms with van der Waals surface area (Å²) in [6.45, 7) is 0.574. The van der Waals surface area contributed by atoms with Gasteiger partial charge in [-0.1, -0.05) is 30.3 Å². The number of carbonyl (C=O) groups excluding carboxylic acids is 1. The number of methoxy groups -OCH3 is 2. The number of benzene rings is 3. The number of hydrogen-bond acceptors (Lipinski definition) is 3. The highest BCUT2D eigenvalue weighted by Crippen LogP contribution is 2.22. The van der Waals surface area contributed by atoms with Gasteiger partial charge in [0.2, 0.25) is 5.91 Å². The van der Waals surface area contributed by atoms with E-state index in [1.807, 2.05) is 49.5 Å². The molecule has 0 atom stereocenters. The van der Waals surface area contributed by atoms with Gasteiger partial charge in [-0.3, -0.25) is 4.79 Å². The predicted octanol–water partition coefficient (Wildman–Crippen LogP) is 4.06. The van der Waals surface area contributed by atoms with E-state index in [2.05, 4.69) is 18.2 Å². The van der Waals surface area contributed by atoms with Crippen LogP contribution in [-0.4, -0.2) is 32.1 Å². The molecule has 4 heteroatoms. The van der Waals surface area contributed by atoms with Crippen LogP contribution in [0.1, 0.15) is 11.1 Å². The second kappa shape index (κ2) is 7.91. The van der Waals surface area contributed by atoms with Gasteiger partial charge < -0.3 is 14.4 Å². The molecule has 0 bridgehead atoms. The van der Waals surface area contributed by atoms with E-state index in [-0.39, 0.29) is 5.91 Å². The summed E-state index contributed by atoms with van der Waals surface area (Å²) in [6, 6.07) is 19.8. The lowest BCUT2D eigenvalue weighted by Gasteiger charge is -2.18. The fraction of sp³-hybridized carbons (Fsp3) is 0.227. The Morgan fingerprint density at radius 3 is 2.31 bits per heavy atom. The Balaban J connectivity index is 1.69. The largest absolute Gasteiger partial charge is 0.497 e. The Kier molecular flexibility index (Phi) is 5.42. The number of likely N-dealkylation sites (N-methyl/N-ethyl adjacent to an activating group) is 1. The molecule has 26 heavy (non-hydrogen) atoms. The second-order valence-corrected chi connectivity index (χ2v) is 6.33. The molecule has 134 valence electrons. The van der Waals surface area contributed by atoms with Crippen LogP contribution in [-0.2, 0) is 17.8 Å². The smallest absolute Gasteiger partial charge is 0.227 e. The summed E-state index contributed by atoms with van der Waals surface area (Å²) in [5.41, 5.74) is 2.05. The zero-order chi connectivity index (χ0) is 18.5. The molecule has 3 aromatic carbocycles. The van der Waals surface area contributed by atoms with Crippen LogP contribution in [0.2, 0.25) is 0 Å². The van der Waals surface area contributed by atoms with Crippen molar-refractivity contribution in [1.29, 1.82) is 0 Å². The molecule has 0 aromatic heterocycles. The molecule has 0 aliphatic rings. The molecule has 0 radical (unpaired) electrons. The highest BCUT2D eigenvalue weighted by Gasteiger charge is 2.11. The van der Waals surface area contributed by atoms with Gasteiger partial charge in [0.1, 0.15) is 11.5 Å². The summed E-state index contributed by atoms with van der Waals surface area (Å²) in [5, 5.41) is 2.26. The Bertz CT molecular complexity index is 920. The van der Waals surface area contributed by atoms with Gasteiger partial charge in [-0.2, -0.15) is 0 Å². The predicted molar refractivity (Wildman–Crippen MR) is 104 cm³/mol. The van der Waals surface area contributed by atoms with Gasteiger partial charge in [-0.25, -0.2) is 0 Å². The Hall–Kier alpha value is -3.01. The number of carbonyl (C=O) groups is 1. The third-order valence-corrected chi connectivity index (χ3v) is 4.45. The zero-order valence-electron chi connectivity index (χ0n) is 15.4. The number of nitrogens with zero attached hydrogens (tertiary/aromatic N) is 1. The summed E-state index contributed by atoms with van der Waals surface area (Å²) < 4.78 is 10.5. The first kappa shape index (κ1) is 17.8. The van der Waals surface area contributed by atoms with Crippen LogP contribution in [0.5, 0.6) is 11.5 Å². The Labute approximate surface area is 154 Å². The maximum Gasteiger partial charge on any atom is 0.227 e. The minimum Gasteiger partial charge on any atom is -0.497 e. The minimum absolute atomic E-state index is 0.0769. The van der Waals surface area contributed by atoms with Crippen LogP contribution in [0.15, 0.2) is 60.7 Å². The quantitative estimate of drug-likeness (QED) is 0.674. The van der Waals surface area contributed by atoms with Gasteiger partial charge in [0.05, 0.1) is 20.6 Å². The molecule has 4 nitrogen and oxygen atoms in total. The summed E-state index contributed by atoms with van der Waals surface area (Å²) in [4.78, 5) is 14.3. The molecule has 0 N–H and O–H groups in total. The molecule has 1 amide bonds. The molecule has 0 saturated carbocycles. The number of ether oxygens (including phenoxy) is 2. The molecular formula is C22H23NO3. The number of fused-ring (bicyclic) bond motifs is 1. The standard InChI is InChI=1S/C22H23NO3/c1-23(22(24)13-16-5-4-6-20(12-16)25-2)15-17-7-8-19-14-21(26-3)10-9-18(19)11-17/h4-12,14H,13,15H2,1-3H3. The van der Waals surface area contributed by atoms with Gasteiger partial charge in [0.15, 0.2) is 0 Å². The fourth-order valence-electron chi connectivity index (χ4n) is 2.95. The monoisotopic (exact) mass is 349 g/mol. The summed E-state index contributed by atoms with van der Waals surface area (Å²) in [6.07, 6.45) is 0.360. The van der Waals surface area contributed by atoms with Crippen molar-refractivity contribution < 1.29 is 14.3 Å². The van der Waals surface area contributed by atoms with Crippen molar-refractivity contribution in [2.24, 2.45) is 0 Å². The van der Waals surface area contributed by atoms with Gasteiger partial charge >= 0.3 is 0 Å². The average molecular weight is 349 g/mol. The number of amides is 1. The highest BCUT2D eigenvalue weighted by atomic mass is 16.5. The molecule has 0 aliphatic carbocycles. The van der Waals surface area contributed by atoms with Crippen molar-refractivity contribution >= 4 is 16.7 Å². The van der Waals surface area contributed by atoms with Gasteiger partial charge in [0.25, 0.3) is 0 Å². The van der Waals surface area contributed by atoms with E-state index in [0.717, 1.165) is 33.4 Å². The lowest BCUT2D eigenvalue weighted by Crippen LogP contribution is -2.27. The van der Waals surface area contributed by atoms with Gasteiger partial charge in [-0.05, 0) is 52.2 Å². The zero-order valence-corrected chi connectivity index (χ0v) is 15.4. The van der Waals surface area contributed by atoms with Crippen molar-refractivity contribution in [2.75, 3.05) is 21.3 Å². The van der Waals surface area contributed by atoms with Crippen LogP contribution in [0.3, 0.4) is 0 Å². The number of hydrogen-bond donors (Lipinski definition) is 0.